The van der Waals surface area contributed by atoms with E-state index in [4.69, 9.17) is 14.2 Å². The van der Waals surface area contributed by atoms with Gasteiger partial charge in [0, 0.05) is 0 Å². The fourth-order valence-electron chi connectivity index (χ4n) is 2.32. The Hall–Kier alpha value is -2.82. The number of methoxy groups -OCH3 is 3. The van der Waals surface area contributed by atoms with Crippen LogP contribution >= 0.6 is 22.6 Å². The lowest BCUT2D eigenvalue weighted by atomic mass is 10.2. The minimum absolute atomic E-state index is 0.225. The third-order valence-electron chi connectivity index (χ3n) is 3.62. The molecule has 0 aliphatic carbocycles. The summed E-state index contributed by atoms with van der Waals surface area (Å²) in [6.45, 7) is -0.225. The summed E-state index contributed by atoms with van der Waals surface area (Å²) in [7, 11) is 4.58. The van der Waals surface area contributed by atoms with E-state index >= 15 is 0 Å². The number of amides is 2. The first-order valence-corrected chi connectivity index (χ1v) is 9.22. The zero-order valence-electron chi connectivity index (χ0n) is 15.6. The molecule has 0 radical (unpaired) electrons. The monoisotopic (exact) mass is 497 g/mol. The number of hydrogen-bond acceptors (Lipinski definition) is 6. The Kier molecular flexibility index (Phi) is 8.05. The van der Waals surface area contributed by atoms with Gasteiger partial charge in [-0.3, -0.25) is 9.59 Å². The zero-order valence-corrected chi connectivity index (χ0v) is 17.8. The van der Waals surface area contributed by atoms with Crippen LogP contribution in [0.2, 0.25) is 0 Å². The van der Waals surface area contributed by atoms with Crippen molar-refractivity contribution in [2.24, 2.45) is 5.10 Å². The highest BCUT2D eigenvalue weighted by molar-refractivity contribution is 14.1. The van der Waals surface area contributed by atoms with E-state index in [0.29, 0.717) is 22.8 Å². The van der Waals surface area contributed by atoms with Gasteiger partial charge in [-0.1, -0.05) is 12.1 Å². The summed E-state index contributed by atoms with van der Waals surface area (Å²) in [6, 6.07) is 10.3. The molecule has 0 atom stereocenters. The molecule has 0 unspecified atom stereocenters. The number of para-hydroxylation sites is 1. The molecule has 2 aromatic carbocycles. The number of rotatable bonds is 8. The second-order valence-electron chi connectivity index (χ2n) is 5.41. The molecule has 0 aliphatic heterocycles. The third-order valence-corrected chi connectivity index (χ3v) is 4.42. The molecule has 0 saturated heterocycles. The van der Waals surface area contributed by atoms with E-state index < -0.39 is 11.8 Å². The Morgan fingerprint density at radius 2 is 1.79 bits per heavy atom. The third kappa shape index (κ3) is 5.59. The van der Waals surface area contributed by atoms with Crippen molar-refractivity contribution < 1.29 is 23.8 Å². The number of carbonyl (C=O) groups is 2. The first kappa shape index (κ1) is 21.5. The molecule has 9 heteroatoms. The van der Waals surface area contributed by atoms with Crippen molar-refractivity contribution in [3.8, 4) is 17.2 Å². The average molecular weight is 497 g/mol. The lowest BCUT2D eigenvalue weighted by Gasteiger charge is -2.10. The summed E-state index contributed by atoms with van der Waals surface area (Å²) in [5.74, 6) is 0.747. The van der Waals surface area contributed by atoms with Gasteiger partial charge < -0.3 is 19.5 Å². The van der Waals surface area contributed by atoms with Crippen LogP contribution in [0.4, 0.5) is 0 Å². The van der Waals surface area contributed by atoms with Crippen LogP contribution < -0.4 is 25.0 Å². The molecule has 0 aromatic heterocycles. The van der Waals surface area contributed by atoms with Crippen LogP contribution in [0.1, 0.15) is 15.9 Å². The van der Waals surface area contributed by atoms with Crippen LogP contribution in [0.5, 0.6) is 17.2 Å². The summed E-state index contributed by atoms with van der Waals surface area (Å²) >= 11 is 2.12. The zero-order chi connectivity index (χ0) is 20.5. The molecule has 8 nitrogen and oxygen atoms in total. The minimum atomic E-state index is -0.463. The Morgan fingerprint density at radius 1 is 1.07 bits per heavy atom. The van der Waals surface area contributed by atoms with E-state index in [0.717, 1.165) is 9.13 Å². The number of nitrogens with zero attached hydrogens (tertiary/aromatic N) is 1. The van der Waals surface area contributed by atoms with Gasteiger partial charge in [0.1, 0.15) is 5.75 Å². The summed E-state index contributed by atoms with van der Waals surface area (Å²) in [4.78, 5) is 24.1. The molecular formula is C19H20IN3O5. The van der Waals surface area contributed by atoms with Gasteiger partial charge in [0.05, 0.1) is 43.2 Å². The van der Waals surface area contributed by atoms with Gasteiger partial charge in [0.2, 0.25) is 0 Å². The predicted molar refractivity (Wildman–Crippen MR) is 113 cm³/mol. The SMILES string of the molecule is COc1ccccc1C(=O)NCC(=O)NN=Cc1cc(I)c(OC)c(OC)c1. The molecule has 28 heavy (non-hydrogen) atoms. The molecule has 2 N–H and O–H groups in total. The van der Waals surface area contributed by atoms with Crippen molar-refractivity contribution in [2.75, 3.05) is 27.9 Å². The highest BCUT2D eigenvalue weighted by Crippen LogP contribution is 2.32. The second kappa shape index (κ2) is 10.5. The Labute approximate surface area is 176 Å². The van der Waals surface area contributed by atoms with Crippen molar-refractivity contribution >= 4 is 40.6 Å². The molecule has 0 saturated carbocycles. The number of nitrogens with one attached hydrogen (secondary N) is 2. The molecule has 0 aliphatic rings. The maximum atomic E-state index is 12.2. The van der Waals surface area contributed by atoms with E-state index in [1.165, 1.54) is 13.3 Å². The normalized spacial score (nSPS) is 10.4. The van der Waals surface area contributed by atoms with Gasteiger partial charge in [0.15, 0.2) is 11.5 Å². The standard InChI is InChI=1S/C19H20IN3O5/c1-26-15-7-5-4-6-13(15)19(25)21-11-17(24)23-22-10-12-8-14(20)18(28-3)16(9-12)27-2/h4-10H,11H2,1-3H3,(H,21,25)(H,23,24). The highest BCUT2D eigenvalue weighted by Gasteiger charge is 2.12. The van der Waals surface area contributed by atoms with Crippen LogP contribution in [-0.2, 0) is 4.79 Å². The highest BCUT2D eigenvalue weighted by atomic mass is 127. The summed E-state index contributed by atoms with van der Waals surface area (Å²) < 4.78 is 16.5. The van der Waals surface area contributed by atoms with E-state index in [1.807, 2.05) is 6.07 Å². The predicted octanol–water partition coefficient (Wildman–Crippen LogP) is 2.20. The van der Waals surface area contributed by atoms with E-state index in [9.17, 15) is 9.59 Å². The molecule has 148 valence electrons. The lowest BCUT2D eigenvalue weighted by Crippen LogP contribution is -2.35. The van der Waals surface area contributed by atoms with E-state index in [2.05, 4.69) is 38.4 Å². The number of benzene rings is 2. The lowest BCUT2D eigenvalue weighted by molar-refractivity contribution is -0.120. The Bertz CT molecular complexity index is 886. The van der Waals surface area contributed by atoms with Crippen molar-refractivity contribution in [1.82, 2.24) is 10.7 Å². The Balaban J connectivity index is 1.92. The van der Waals surface area contributed by atoms with Crippen molar-refractivity contribution in [3.63, 3.8) is 0 Å². The molecule has 0 spiro atoms. The molecule has 0 bridgehead atoms. The fourth-order valence-corrected chi connectivity index (χ4v) is 3.16. The molecule has 0 fully saturated rings. The summed E-state index contributed by atoms with van der Waals surface area (Å²) in [5.41, 5.74) is 3.43. The van der Waals surface area contributed by atoms with Crippen LogP contribution in [0.15, 0.2) is 41.5 Å². The average Bonchev–Trinajstić information content (AvgIpc) is 2.71. The van der Waals surface area contributed by atoms with Crippen LogP contribution in [0, 0.1) is 3.57 Å². The summed E-state index contributed by atoms with van der Waals surface area (Å²) in [6.07, 6.45) is 1.48. The van der Waals surface area contributed by atoms with Gasteiger partial charge >= 0.3 is 0 Å². The number of halogens is 1. The van der Waals surface area contributed by atoms with Gasteiger partial charge in [-0.05, 0) is 52.4 Å². The molecule has 2 amide bonds. The van der Waals surface area contributed by atoms with E-state index in [-0.39, 0.29) is 6.54 Å². The second-order valence-corrected chi connectivity index (χ2v) is 6.58. The van der Waals surface area contributed by atoms with Crippen LogP contribution in [0.3, 0.4) is 0 Å². The maximum Gasteiger partial charge on any atom is 0.259 e. The van der Waals surface area contributed by atoms with Gasteiger partial charge in [-0.2, -0.15) is 5.10 Å². The largest absolute Gasteiger partial charge is 0.496 e. The molecule has 2 rings (SSSR count). The van der Waals surface area contributed by atoms with Crippen molar-refractivity contribution in [3.05, 3.63) is 51.1 Å². The van der Waals surface area contributed by atoms with E-state index in [1.54, 1.807) is 44.6 Å². The number of carbonyl (C=O) groups excluding carboxylic acids is 2. The molecule has 2 aromatic rings. The quantitative estimate of drug-likeness (QED) is 0.331. The molecular weight excluding hydrogens is 477 g/mol. The van der Waals surface area contributed by atoms with Crippen molar-refractivity contribution in [1.29, 1.82) is 0 Å². The van der Waals surface area contributed by atoms with Crippen LogP contribution in [0.25, 0.3) is 0 Å². The topological polar surface area (TPSA) is 98.2 Å². The summed E-state index contributed by atoms with van der Waals surface area (Å²) in [5, 5.41) is 6.42. The maximum absolute atomic E-state index is 12.2. The minimum Gasteiger partial charge on any atom is -0.496 e. The number of hydrazone groups is 1. The van der Waals surface area contributed by atoms with Gasteiger partial charge in [0.25, 0.3) is 11.8 Å². The Morgan fingerprint density at radius 3 is 2.46 bits per heavy atom. The number of ether oxygens (including phenoxy) is 3. The smallest absolute Gasteiger partial charge is 0.259 e. The first-order chi connectivity index (χ1) is 13.5. The fraction of sp³-hybridized carbons (Fsp3) is 0.211. The number of hydrogen-bond donors (Lipinski definition) is 2. The van der Waals surface area contributed by atoms with Crippen LogP contribution in [-0.4, -0.2) is 45.9 Å². The van der Waals surface area contributed by atoms with Gasteiger partial charge in [-0.25, -0.2) is 5.43 Å². The first-order valence-electron chi connectivity index (χ1n) is 8.14. The molecule has 0 heterocycles. The van der Waals surface area contributed by atoms with Crippen molar-refractivity contribution in [2.45, 2.75) is 0 Å². The van der Waals surface area contributed by atoms with Gasteiger partial charge in [-0.15, -0.1) is 0 Å².